The average molecular weight is 259 g/mol. The smallest absolute Gasteiger partial charge is 0.248 e. The third-order valence-corrected chi connectivity index (χ3v) is 3.45. The minimum Gasteiger partial charge on any atom is -0.366 e. The zero-order valence-corrected chi connectivity index (χ0v) is 11.1. The molecule has 1 saturated carbocycles. The predicted molar refractivity (Wildman–Crippen MR) is 73.3 cm³/mol. The highest BCUT2D eigenvalue weighted by molar-refractivity contribution is 5.95. The Morgan fingerprint density at radius 3 is 2.74 bits per heavy atom. The number of carbonyl (C=O) groups excluding carboxylic acids is 2. The largest absolute Gasteiger partial charge is 0.366 e. The molecule has 1 fully saturated rings. The van der Waals surface area contributed by atoms with Crippen LogP contribution in [0.2, 0.25) is 0 Å². The average Bonchev–Trinajstić information content (AvgIpc) is 3.20. The molecule has 0 unspecified atom stereocenters. The lowest BCUT2D eigenvalue weighted by Gasteiger charge is -2.13. The Labute approximate surface area is 113 Å². The van der Waals surface area contributed by atoms with Gasteiger partial charge in [-0.25, -0.2) is 0 Å². The van der Waals surface area contributed by atoms with Crippen molar-refractivity contribution in [3.63, 3.8) is 0 Å². The van der Waals surface area contributed by atoms with Gasteiger partial charge in [-0.1, -0.05) is 18.2 Å². The highest BCUT2D eigenvalue weighted by atomic mass is 16.2. The monoisotopic (exact) mass is 259 g/mol. The molecule has 2 amide bonds. The molecule has 0 aliphatic heterocycles. The first-order valence-electron chi connectivity index (χ1n) is 6.59. The lowest BCUT2D eigenvalue weighted by Crippen LogP contribution is -2.33. The molecule has 2 rings (SSSR count). The normalized spacial score (nSPS) is 15.8. The van der Waals surface area contributed by atoms with Crippen molar-refractivity contribution < 1.29 is 9.59 Å². The Hall–Kier alpha value is -1.84. The molecule has 1 aromatic rings. The number of rotatable bonds is 6. The van der Waals surface area contributed by atoms with E-state index in [1.807, 2.05) is 13.0 Å². The summed E-state index contributed by atoms with van der Waals surface area (Å²) in [5, 5.41) is 2.97. The van der Waals surface area contributed by atoms with Gasteiger partial charge in [-0.15, -0.1) is 0 Å². The van der Waals surface area contributed by atoms with E-state index in [0.717, 1.165) is 0 Å². The summed E-state index contributed by atoms with van der Waals surface area (Å²) in [6.07, 6.45) is 4.42. The number of carbonyl (C=O) groups is 2. The Morgan fingerprint density at radius 2 is 2.11 bits per heavy atom. The molecule has 0 heterocycles. The molecule has 19 heavy (non-hydrogen) atoms. The highest BCUT2D eigenvalue weighted by Gasteiger charge is 2.28. The number of nitrogens with two attached hydrogens (primary N) is 1. The summed E-state index contributed by atoms with van der Waals surface area (Å²) in [5.41, 5.74) is 6.45. The maximum Gasteiger partial charge on any atom is 0.248 e. The molecule has 4 heteroatoms. The fourth-order valence-corrected chi connectivity index (χ4v) is 2.13. The van der Waals surface area contributed by atoms with Crippen molar-refractivity contribution in [2.45, 2.75) is 32.2 Å². The molecule has 1 atom stereocenters. The molecular formula is C15H19N2O2. The first kappa shape index (κ1) is 13.6. The van der Waals surface area contributed by atoms with Crippen molar-refractivity contribution in [2.24, 2.45) is 11.7 Å². The van der Waals surface area contributed by atoms with Crippen LogP contribution in [0.5, 0.6) is 0 Å². The summed E-state index contributed by atoms with van der Waals surface area (Å²) in [7, 11) is 0. The summed E-state index contributed by atoms with van der Waals surface area (Å²) in [6.45, 7) is 2.03. The third kappa shape index (κ3) is 3.81. The molecule has 1 aromatic carbocycles. The molecule has 101 valence electrons. The lowest BCUT2D eigenvalue weighted by atomic mass is 10.0. The summed E-state index contributed by atoms with van der Waals surface area (Å²) in [6, 6.07) is 7.28. The van der Waals surface area contributed by atoms with E-state index >= 15 is 0 Å². The SMILES string of the molecule is C[C@H](NC(=O)C[CH]c1ccccc1C(N)=O)C1CC1. The topological polar surface area (TPSA) is 72.2 Å². The predicted octanol–water partition coefficient (Wildman–Crippen LogP) is 1.64. The molecule has 4 nitrogen and oxygen atoms in total. The van der Waals surface area contributed by atoms with Gasteiger partial charge in [-0.05, 0) is 37.3 Å². The van der Waals surface area contributed by atoms with E-state index in [4.69, 9.17) is 5.73 Å². The summed E-state index contributed by atoms with van der Waals surface area (Å²) in [5.74, 6) is 0.152. The maximum absolute atomic E-state index is 11.8. The minimum absolute atomic E-state index is 0.0151. The number of benzene rings is 1. The fourth-order valence-electron chi connectivity index (χ4n) is 2.13. The molecule has 3 N–H and O–H groups in total. The van der Waals surface area contributed by atoms with Gasteiger partial charge >= 0.3 is 0 Å². The lowest BCUT2D eigenvalue weighted by molar-refractivity contribution is -0.121. The van der Waals surface area contributed by atoms with Gasteiger partial charge in [0.25, 0.3) is 0 Å². The highest BCUT2D eigenvalue weighted by Crippen LogP contribution is 2.32. The molecule has 1 radical (unpaired) electrons. The summed E-state index contributed by atoms with van der Waals surface area (Å²) >= 11 is 0. The van der Waals surface area contributed by atoms with Crippen molar-refractivity contribution >= 4 is 11.8 Å². The Morgan fingerprint density at radius 1 is 1.42 bits per heavy atom. The first-order valence-corrected chi connectivity index (χ1v) is 6.59. The Balaban J connectivity index is 1.87. The molecule has 1 aliphatic rings. The zero-order chi connectivity index (χ0) is 13.8. The number of nitrogens with one attached hydrogen (secondary N) is 1. The quantitative estimate of drug-likeness (QED) is 0.815. The fraction of sp³-hybridized carbons (Fsp3) is 0.400. The van der Waals surface area contributed by atoms with Crippen molar-refractivity contribution in [1.82, 2.24) is 5.32 Å². The van der Waals surface area contributed by atoms with Crippen LogP contribution in [0.3, 0.4) is 0 Å². The molecular weight excluding hydrogens is 240 g/mol. The number of amides is 2. The van der Waals surface area contributed by atoms with E-state index < -0.39 is 5.91 Å². The Kier molecular flexibility index (Phi) is 4.20. The van der Waals surface area contributed by atoms with Crippen LogP contribution in [-0.4, -0.2) is 17.9 Å². The van der Waals surface area contributed by atoms with Crippen LogP contribution in [0.1, 0.15) is 42.1 Å². The second-order valence-electron chi connectivity index (χ2n) is 5.05. The van der Waals surface area contributed by atoms with Gasteiger partial charge in [0.15, 0.2) is 0 Å². The van der Waals surface area contributed by atoms with Crippen molar-refractivity contribution in [1.29, 1.82) is 0 Å². The van der Waals surface area contributed by atoms with Crippen LogP contribution in [0.25, 0.3) is 0 Å². The van der Waals surface area contributed by atoms with Gasteiger partial charge in [-0.3, -0.25) is 9.59 Å². The van der Waals surface area contributed by atoms with Crippen LogP contribution in [0, 0.1) is 12.3 Å². The number of hydrogen-bond donors (Lipinski definition) is 2. The van der Waals surface area contributed by atoms with Gasteiger partial charge in [0, 0.05) is 24.4 Å². The van der Waals surface area contributed by atoms with Crippen LogP contribution in [0.4, 0.5) is 0 Å². The van der Waals surface area contributed by atoms with Gasteiger partial charge in [0.1, 0.15) is 0 Å². The number of primary amides is 1. The van der Waals surface area contributed by atoms with E-state index in [9.17, 15) is 9.59 Å². The molecule has 1 aliphatic carbocycles. The van der Waals surface area contributed by atoms with E-state index in [1.54, 1.807) is 24.6 Å². The Bertz CT molecular complexity index is 481. The zero-order valence-electron chi connectivity index (χ0n) is 11.1. The van der Waals surface area contributed by atoms with Crippen LogP contribution in [-0.2, 0) is 4.79 Å². The van der Waals surface area contributed by atoms with Gasteiger partial charge in [0.2, 0.25) is 11.8 Å². The van der Waals surface area contributed by atoms with Crippen LogP contribution < -0.4 is 11.1 Å². The van der Waals surface area contributed by atoms with Gasteiger partial charge < -0.3 is 11.1 Å². The van der Waals surface area contributed by atoms with E-state index in [0.29, 0.717) is 17.0 Å². The molecule has 0 aromatic heterocycles. The molecule has 0 saturated heterocycles. The second kappa shape index (κ2) is 5.87. The third-order valence-electron chi connectivity index (χ3n) is 3.45. The minimum atomic E-state index is -0.474. The van der Waals surface area contributed by atoms with E-state index in [1.165, 1.54) is 12.8 Å². The van der Waals surface area contributed by atoms with Crippen LogP contribution >= 0.6 is 0 Å². The van der Waals surface area contributed by atoms with Crippen molar-refractivity contribution in [2.75, 3.05) is 0 Å². The number of hydrogen-bond acceptors (Lipinski definition) is 2. The van der Waals surface area contributed by atoms with E-state index in [2.05, 4.69) is 5.32 Å². The van der Waals surface area contributed by atoms with Crippen LogP contribution in [0.15, 0.2) is 24.3 Å². The summed E-state index contributed by atoms with van der Waals surface area (Å²) < 4.78 is 0. The van der Waals surface area contributed by atoms with E-state index in [-0.39, 0.29) is 18.4 Å². The second-order valence-corrected chi connectivity index (χ2v) is 5.05. The van der Waals surface area contributed by atoms with Gasteiger partial charge in [-0.2, -0.15) is 0 Å². The first-order chi connectivity index (χ1) is 9.08. The summed E-state index contributed by atoms with van der Waals surface area (Å²) in [4.78, 5) is 23.0. The van der Waals surface area contributed by atoms with Gasteiger partial charge in [0.05, 0.1) is 0 Å². The van der Waals surface area contributed by atoms with Crippen molar-refractivity contribution in [3.05, 3.63) is 41.8 Å². The standard InChI is InChI=1S/C15H19N2O2/c1-10(11-6-7-11)17-14(18)9-8-12-4-2-3-5-13(12)15(16)19/h2-5,8,10-11H,6-7,9H2,1H3,(H2,16,19)(H,17,18)/t10-/m0/s1. The molecule has 0 spiro atoms. The molecule has 0 bridgehead atoms. The maximum atomic E-state index is 11.8. The van der Waals surface area contributed by atoms with Crippen molar-refractivity contribution in [3.8, 4) is 0 Å².